The number of amides is 1. The maximum Gasteiger partial charge on any atom is 0.220 e. The molecule has 402 valence electrons. The number of unbranched alkanes of at least 4 members (excludes halogenated alkanes) is 31. The number of hydrogen-bond donors (Lipinski definition) is 6. The Labute approximate surface area is 424 Å². The van der Waals surface area contributed by atoms with Crippen LogP contribution >= 0.6 is 0 Å². The molecular weight excluding hydrogens is 863 g/mol. The van der Waals surface area contributed by atoms with Crippen molar-refractivity contribution in [3.63, 3.8) is 0 Å². The van der Waals surface area contributed by atoms with Gasteiger partial charge in [0.25, 0.3) is 0 Å². The van der Waals surface area contributed by atoms with Gasteiger partial charge in [-0.15, -0.1) is 0 Å². The van der Waals surface area contributed by atoms with E-state index in [0.29, 0.717) is 6.42 Å². The van der Waals surface area contributed by atoms with Gasteiger partial charge in [-0.1, -0.05) is 242 Å². The SMILES string of the molecule is CCCCCCC/C=C\C/C=C\C/C=C\CCCCCCCCCCCCCCCCC(=O)NC(COC1OC(CO)C(O)C(O)C1O)C(O)/C=C/CC/C=C/CCCCCCCCCCCCC. The van der Waals surface area contributed by atoms with Crippen LogP contribution in [0.3, 0.4) is 0 Å². The summed E-state index contributed by atoms with van der Waals surface area (Å²) >= 11 is 0. The van der Waals surface area contributed by atoms with E-state index in [1.807, 2.05) is 6.08 Å². The van der Waals surface area contributed by atoms with Crippen molar-refractivity contribution in [3.05, 3.63) is 60.8 Å². The van der Waals surface area contributed by atoms with Crippen molar-refractivity contribution in [1.82, 2.24) is 5.32 Å². The Kier molecular flexibility index (Phi) is 46.5. The Morgan fingerprint density at radius 3 is 1.32 bits per heavy atom. The fourth-order valence-corrected chi connectivity index (χ4v) is 8.95. The first kappa shape index (κ1) is 64.9. The van der Waals surface area contributed by atoms with Crippen molar-refractivity contribution in [2.75, 3.05) is 13.2 Å². The molecule has 1 saturated heterocycles. The molecule has 9 nitrogen and oxygen atoms in total. The lowest BCUT2D eigenvalue weighted by Crippen LogP contribution is -2.60. The third-order valence-electron chi connectivity index (χ3n) is 13.6. The Morgan fingerprint density at radius 1 is 0.493 bits per heavy atom. The van der Waals surface area contributed by atoms with Gasteiger partial charge in [0, 0.05) is 6.42 Å². The zero-order valence-electron chi connectivity index (χ0n) is 44.6. The Hall–Kier alpha value is -2.11. The van der Waals surface area contributed by atoms with E-state index in [-0.39, 0.29) is 12.5 Å². The molecule has 7 unspecified atom stereocenters. The fourth-order valence-electron chi connectivity index (χ4n) is 8.95. The smallest absolute Gasteiger partial charge is 0.220 e. The van der Waals surface area contributed by atoms with Gasteiger partial charge in [0.2, 0.25) is 5.91 Å². The molecule has 0 radical (unpaired) electrons. The minimum Gasteiger partial charge on any atom is -0.394 e. The summed E-state index contributed by atoms with van der Waals surface area (Å²) in [6, 6.07) is -0.824. The molecule has 0 aliphatic carbocycles. The average Bonchev–Trinajstić information content (AvgIpc) is 3.35. The van der Waals surface area contributed by atoms with Crippen LogP contribution in [0.25, 0.3) is 0 Å². The number of carbonyl (C=O) groups excluding carboxylic acids is 1. The zero-order valence-corrected chi connectivity index (χ0v) is 44.6. The summed E-state index contributed by atoms with van der Waals surface area (Å²) in [7, 11) is 0. The molecule has 0 aromatic carbocycles. The summed E-state index contributed by atoms with van der Waals surface area (Å²) in [5.74, 6) is -0.187. The van der Waals surface area contributed by atoms with Crippen molar-refractivity contribution in [2.24, 2.45) is 0 Å². The van der Waals surface area contributed by atoms with E-state index >= 15 is 0 Å². The van der Waals surface area contributed by atoms with Crippen LogP contribution < -0.4 is 5.32 Å². The number of ether oxygens (including phenoxy) is 2. The molecule has 9 heteroatoms. The number of aliphatic hydroxyl groups is 5. The monoisotopic (exact) mass is 972 g/mol. The van der Waals surface area contributed by atoms with Gasteiger partial charge in [0.05, 0.1) is 25.4 Å². The number of hydrogen-bond acceptors (Lipinski definition) is 8. The van der Waals surface area contributed by atoms with Crippen LogP contribution in [-0.4, -0.2) is 87.5 Å². The second-order valence-electron chi connectivity index (χ2n) is 20.1. The number of rotatable bonds is 49. The van der Waals surface area contributed by atoms with Gasteiger partial charge in [-0.05, 0) is 70.6 Å². The topological polar surface area (TPSA) is 149 Å². The highest BCUT2D eigenvalue weighted by Crippen LogP contribution is 2.23. The normalized spacial score (nSPS) is 19.9. The maximum absolute atomic E-state index is 13.0. The van der Waals surface area contributed by atoms with Crippen LogP contribution in [0.15, 0.2) is 60.8 Å². The second-order valence-corrected chi connectivity index (χ2v) is 20.1. The van der Waals surface area contributed by atoms with Crippen LogP contribution in [-0.2, 0) is 14.3 Å². The van der Waals surface area contributed by atoms with Gasteiger partial charge >= 0.3 is 0 Å². The van der Waals surface area contributed by atoms with Crippen LogP contribution in [0.1, 0.15) is 258 Å². The van der Waals surface area contributed by atoms with Gasteiger partial charge < -0.3 is 40.3 Å². The molecule has 7 atom stereocenters. The van der Waals surface area contributed by atoms with Crippen LogP contribution in [0.2, 0.25) is 0 Å². The van der Waals surface area contributed by atoms with E-state index < -0.39 is 49.5 Å². The van der Waals surface area contributed by atoms with Crippen LogP contribution in [0.4, 0.5) is 0 Å². The van der Waals surface area contributed by atoms with E-state index in [2.05, 4.69) is 67.8 Å². The first-order chi connectivity index (χ1) is 33.8. The third kappa shape index (κ3) is 39.1. The van der Waals surface area contributed by atoms with Gasteiger partial charge in [-0.25, -0.2) is 0 Å². The lowest BCUT2D eigenvalue weighted by Gasteiger charge is -2.40. The molecule has 0 spiro atoms. The summed E-state index contributed by atoms with van der Waals surface area (Å²) in [6.07, 6.45) is 60.0. The molecule has 1 aliphatic heterocycles. The highest BCUT2D eigenvalue weighted by molar-refractivity contribution is 5.76. The van der Waals surface area contributed by atoms with E-state index in [9.17, 15) is 30.3 Å². The van der Waals surface area contributed by atoms with E-state index in [1.165, 1.54) is 186 Å². The molecule has 0 aromatic heterocycles. The number of allylic oxidation sites excluding steroid dienone is 9. The lowest BCUT2D eigenvalue weighted by atomic mass is 9.99. The number of carbonyl (C=O) groups is 1. The van der Waals surface area contributed by atoms with Gasteiger partial charge in [-0.3, -0.25) is 4.79 Å². The molecule has 0 saturated carbocycles. The molecule has 1 amide bonds. The maximum atomic E-state index is 13.0. The van der Waals surface area contributed by atoms with Gasteiger partial charge in [0.1, 0.15) is 24.4 Å². The molecule has 1 aliphatic rings. The van der Waals surface area contributed by atoms with Crippen molar-refractivity contribution in [3.8, 4) is 0 Å². The lowest BCUT2D eigenvalue weighted by molar-refractivity contribution is -0.302. The van der Waals surface area contributed by atoms with Crippen molar-refractivity contribution >= 4 is 5.91 Å². The molecule has 69 heavy (non-hydrogen) atoms. The first-order valence-electron chi connectivity index (χ1n) is 29.0. The predicted octanol–water partition coefficient (Wildman–Crippen LogP) is 14.3. The first-order valence-corrected chi connectivity index (χ1v) is 29.0. The standard InChI is InChI=1S/C60H109NO8/c1-3-5-7-9-11-13-15-17-19-21-22-23-24-25-26-27-28-29-30-31-32-34-36-38-40-42-44-46-48-50-56(64)61-53(52-68-60-59(67)58(66)57(65)55(51-62)69-60)54(63)49-47-45-43-41-39-37-35-33-20-18-16-14-12-10-8-6-4-2/h15,17,21-22,24-25,39,41,47,49,53-55,57-60,62-63,65-67H,3-14,16,18-20,23,26-38,40,42-46,48,50-52H2,1-2H3,(H,61,64)/b17-15-,22-21-,25-24-,41-39+,49-47+. The summed E-state index contributed by atoms with van der Waals surface area (Å²) < 4.78 is 11.3. The van der Waals surface area contributed by atoms with E-state index in [4.69, 9.17) is 9.47 Å². The van der Waals surface area contributed by atoms with Gasteiger partial charge in [-0.2, -0.15) is 0 Å². The summed E-state index contributed by atoms with van der Waals surface area (Å²) in [6.45, 7) is 3.76. The van der Waals surface area contributed by atoms with E-state index in [1.54, 1.807) is 6.08 Å². The largest absolute Gasteiger partial charge is 0.394 e. The van der Waals surface area contributed by atoms with Crippen molar-refractivity contribution < 1.29 is 39.8 Å². The van der Waals surface area contributed by atoms with E-state index in [0.717, 1.165) is 51.4 Å². The highest BCUT2D eigenvalue weighted by Gasteiger charge is 2.44. The molecule has 1 rings (SSSR count). The predicted molar refractivity (Wildman–Crippen MR) is 290 cm³/mol. The van der Waals surface area contributed by atoms with Crippen molar-refractivity contribution in [1.29, 1.82) is 0 Å². The fraction of sp³-hybridized carbons (Fsp3) is 0.817. The average molecular weight is 973 g/mol. The molecule has 1 fully saturated rings. The molecule has 6 N–H and O–H groups in total. The minimum atomic E-state index is -1.57. The number of aliphatic hydroxyl groups excluding tert-OH is 5. The summed E-state index contributed by atoms with van der Waals surface area (Å²) in [5, 5.41) is 54.4. The highest BCUT2D eigenvalue weighted by atomic mass is 16.7. The molecule has 0 bridgehead atoms. The number of nitrogens with one attached hydrogen (secondary N) is 1. The molecular formula is C60H109NO8. The molecule has 0 aromatic rings. The minimum absolute atomic E-state index is 0.187. The summed E-state index contributed by atoms with van der Waals surface area (Å²) in [5.41, 5.74) is 0. The van der Waals surface area contributed by atoms with Crippen LogP contribution in [0, 0.1) is 0 Å². The quantitative estimate of drug-likeness (QED) is 0.0261. The summed E-state index contributed by atoms with van der Waals surface area (Å²) in [4.78, 5) is 13.0. The molecule has 1 heterocycles. The Balaban J connectivity index is 2.21. The second kappa shape index (κ2) is 49.5. The zero-order chi connectivity index (χ0) is 50.1. The van der Waals surface area contributed by atoms with Gasteiger partial charge in [0.15, 0.2) is 6.29 Å². The Bertz CT molecular complexity index is 1270. The Morgan fingerprint density at radius 2 is 0.870 bits per heavy atom. The van der Waals surface area contributed by atoms with Crippen molar-refractivity contribution in [2.45, 2.75) is 301 Å². The van der Waals surface area contributed by atoms with Crippen LogP contribution in [0.5, 0.6) is 0 Å². The third-order valence-corrected chi connectivity index (χ3v) is 13.6.